The van der Waals surface area contributed by atoms with Crippen LogP contribution in [0, 0.1) is 0 Å². The fraction of sp³-hybridized carbons (Fsp3) is 0.286. The van der Waals surface area contributed by atoms with Crippen LogP contribution < -0.4 is 10.6 Å². The zero-order chi connectivity index (χ0) is 14.7. The molecule has 1 aromatic heterocycles. The molecule has 2 aromatic rings. The molecule has 2 rings (SSSR count). The Morgan fingerprint density at radius 1 is 1.30 bits per heavy atom. The van der Waals surface area contributed by atoms with Crippen LogP contribution in [0.15, 0.2) is 35.5 Å². The monoisotopic (exact) mass is 308 g/mol. The summed E-state index contributed by atoms with van der Waals surface area (Å²) in [5.74, 6) is 1.26. The van der Waals surface area contributed by atoms with Gasteiger partial charge in [0.15, 0.2) is 5.16 Å². The Bertz CT molecular complexity index is 605. The van der Waals surface area contributed by atoms with E-state index in [2.05, 4.69) is 16.9 Å². The van der Waals surface area contributed by atoms with Gasteiger partial charge in [-0.3, -0.25) is 0 Å². The molecule has 0 saturated carbocycles. The number of aromatic nitrogens is 2. The molecule has 0 fully saturated rings. The molecule has 1 heterocycles. The van der Waals surface area contributed by atoms with Gasteiger partial charge in [-0.05, 0) is 24.8 Å². The third-order valence-corrected chi connectivity index (χ3v) is 4.08. The zero-order valence-corrected chi connectivity index (χ0v) is 13.2. The molecule has 6 heteroatoms. The summed E-state index contributed by atoms with van der Waals surface area (Å²) in [6, 6.07) is 9.67. The van der Waals surface area contributed by atoms with E-state index in [0.717, 1.165) is 16.4 Å². The SMILES string of the molecule is CSc1nc(N)cc(N(C)C(C)c2ccccc2Cl)n1. The normalized spacial score (nSPS) is 12.2. The predicted octanol–water partition coefficient (Wildman–Crippen LogP) is 3.63. The first-order valence-electron chi connectivity index (χ1n) is 6.18. The number of nitrogens with zero attached hydrogens (tertiary/aromatic N) is 3. The van der Waals surface area contributed by atoms with E-state index < -0.39 is 0 Å². The highest BCUT2D eigenvalue weighted by molar-refractivity contribution is 7.98. The summed E-state index contributed by atoms with van der Waals surface area (Å²) in [5.41, 5.74) is 6.88. The Morgan fingerprint density at radius 3 is 2.65 bits per heavy atom. The van der Waals surface area contributed by atoms with Crippen LogP contribution in [0.5, 0.6) is 0 Å². The third kappa shape index (κ3) is 3.16. The summed E-state index contributed by atoms with van der Waals surface area (Å²) in [6.45, 7) is 2.08. The van der Waals surface area contributed by atoms with Gasteiger partial charge in [-0.25, -0.2) is 9.97 Å². The van der Waals surface area contributed by atoms with E-state index in [1.54, 1.807) is 6.07 Å². The molecule has 1 unspecified atom stereocenters. The van der Waals surface area contributed by atoms with Crippen molar-refractivity contribution in [3.05, 3.63) is 40.9 Å². The second-order valence-electron chi connectivity index (χ2n) is 4.45. The molecule has 0 spiro atoms. The molecule has 0 aliphatic heterocycles. The van der Waals surface area contributed by atoms with E-state index in [4.69, 9.17) is 17.3 Å². The fourth-order valence-corrected chi connectivity index (χ4v) is 2.60. The zero-order valence-electron chi connectivity index (χ0n) is 11.7. The Kier molecular flexibility index (Phi) is 4.73. The smallest absolute Gasteiger partial charge is 0.191 e. The van der Waals surface area contributed by atoms with Gasteiger partial charge in [0.1, 0.15) is 11.6 Å². The van der Waals surface area contributed by atoms with Crippen LogP contribution in [-0.4, -0.2) is 23.3 Å². The number of nitrogens with two attached hydrogens (primary N) is 1. The highest BCUT2D eigenvalue weighted by Gasteiger charge is 2.17. The van der Waals surface area contributed by atoms with Crippen LogP contribution in [0.25, 0.3) is 0 Å². The Morgan fingerprint density at radius 2 is 2.00 bits per heavy atom. The molecule has 0 amide bonds. The minimum absolute atomic E-state index is 0.0905. The molecule has 4 nitrogen and oxygen atoms in total. The van der Waals surface area contributed by atoms with Crippen LogP contribution in [0.3, 0.4) is 0 Å². The number of thioether (sulfide) groups is 1. The summed E-state index contributed by atoms with van der Waals surface area (Å²) in [7, 11) is 1.97. The molecule has 106 valence electrons. The average Bonchev–Trinajstić information content (AvgIpc) is 2.45. The molecular formula is C14H17ClN4S. The molecule has 1 atom stereocenters. The van der Waals surface area contributed by atoms with Gasteiger partial charge in [-0.2, -0.15) is 0 Å². The molecule has 0 aliphatic rings. The van der Waals surface area contributed by atoms with Crippen molar-refractivity contribution in [1.29, 1.82) is 0 Å². The number of nitrogen functional groups attached to an aromatic ring is 1. The lowest BCUT2D eigenvalue weighted by atomic mass is 10.1. The van der Waals surface area contributed by atoms with Gasteiger partial charge >= 0.3 is 0 Å². The first kappa shape index (κ1) is 14.9. The summed E-state index contributed by atoms with van der Waals surface area (Å²) in [4.78, 5) is 10.7. The standard InChI is InChI=1S/C14H17ClN4S/c1-9(10-6-4-5-7-11(10)15)19(2)13-8-12(16)17-14(18-13)20-3/h4-9H,1-3H3,(H2,16,17,18). The van der Waals surface area contributed by atoms with Crippen LogP contribution in [0.1, 0.15) is 18.5 Å². The lowest BCUT2D eigenvalue weighted by Gasteiger charge is -2.27. The van der Waals surface area contributed by atoms with Crippen LogP contribution in [0.4, 0.5) is 11.6 Å². The number of hydrogen-bond acceptors (Lipinski definition) is 5. The van der Waals surface area contributed by atoms with Crippen molar-refractivity contribution in [1.82, 2.24) is 9.97 Å². The van der Waals surface area contributed by atoms with E-state index in [1.807, 2.05) is 42.5 Å². The van der Waals surface area contributed by atoms with Crippen molar-refractivity contribution in [3.8, 4) is 0 Å². The fourth-order valence-electron chi connectivity index (χ4n) is 1.92. The highest BCUT2D eigenvalue weighted by Crippen LogP contribution is 2.30. The molecular weight excluding hydrogens is 292 g/mol. The van der Waals surface area contributed by atoms with E-state index in [0.29, 0.717) is 11.0 Å². The molecule has 2 N–H and O–H groups in total. The Hall–Kier alpha value is -1.46. The van der Waals surface area contributed by atoms with Gasteiger partial charge in [0, 0.05) is 18.1 Å². The maximum absolute atomic E-state index is 6.25. The molecule has 0 aliphatic carbocycles. The summed E-state index contributed by atoms with van der Waals surface area (Å²) in [5, 5.41) is 1.41. The van der Waals surface area contributed by atoms with E-state index in [-0.39, 0.29) is 6.04 Å². The van der Waals surface area contributed by atoms with Gasteiger partial charge in [0.2, 0.25) is 0 Å². The minimum atomic E-state index is 0.0905. The summed E-state index contributed by atoms with van der Waals surface area (Å²) in [6.07, 6.45) is 1.93. The topological polar surface area (TPSA) is 55.0 Å². The van der Waals surface area contributed by atoms with Crippen molar-refractivity contribution in [3.63, 3.8) is 0 Å². The summed E-state index contributed by atoms with van der Waals surface area (Å²) < 4.78 is 0. The second kappa shape index (κ2) is 6.33. The Balaban J connectivity index is 2.33. The summed E-state index contributed by atoms with van der Waals surface area (Å²) >= 11 is 7.72. The molecule has 1 aromatic carbocycles. The van der Waals surface area contributed by atoms with Crippen LogP contribution in [0.2, 0.25) is 5.02 Å². The minimum Gasteiger partial charge on any atom is -0.383 e. The third-order valence-electron chi connectivity index (χ3n) is 3.19. The van der Waals surface area contributed by atoms with Crippen LogP contribution in [-0.2, 0) is 0 Å². The average molecular weight is 309 g/mol. The highest BCUT2D eigenvalue weighted by atomic mass is 35.5. The van der Waals surface area contributed by atoms with Crippen molar-refractivity contribution < 1.29 is 0 Å². The predicted molar refractivity (Wildman–Crippen MR) is 86.5 cm³/mol. The maximum atomic E-state index is 6.25. The van der Waals surface area contributed by atoms with Crippen molar-refractivity contribution in [2.45, 2.75) is 18.1 Å². The molecule has 0 radical (unpaired) electrons. The van der Waals surface area contributed by atoms with Crippen molar-refractivity contribution in [2.24, 2.45) is 0 Å². The number of hydrogen-bond donors (Lipinski definition) is 1. The largest absolute Gasteiger partial charge is 0.383 e. The van der Waals surface area contributed by atoms with Crippen LogP contribution >= 0.6 is 23.4 Å². The lowest BCUT2D eigenvalue weighted by Crippen LogP contribution is -2.23. The van der Waals surface area contributed by atoms with Crippen molar-refractivity contribution >= 4 is 35.0 Å². The van der Waals surface area contributed by atoms with Crippen molar-refractivity contribution in [2.75, 3.05) is 23.9 Å². The van der Waals surface area contributed by atoms with Gasteiger partial charge in [0.05, 0.1) is 6.04 Å². The molecule has 20 heavy (non-hydrogen) atoms. The number of benzene rings is 1. The van der Waals surface area contributed by atoms with Gasteiger partial charge in [0.25, 0.3) is 0 Å². The van der Waals surface area contributed by atoms with E-state index in [9.17, 15) is 0 Å². The molecule has 0 bridgehead atoms. The Labute approximate surface area is 128 Å². The second-order valence-corrected chi connectivity index (χ2v) is 5.63. The van der Waals surface area contributed by atoms with Gasteiger partial charge < -0.3 is 10.6 Å². The van der Waals surface area contributed by atoms with E-state index >= 15 is 0 Å². The number of halogens is 1. The van der Waals surface area contributed by atoms with E-state index in [1.165, 1.54) is 11.8 Å². The number of anilines is 2. The molecule has 0 saturated heterocycles. The first-order chi connectivity index (χ1) is 9.52. The quantitative estimate of drug-likeness (QED) is 0.690. The maximum Gasteiger partial charge on any atom is 0.191 e. The lowest BCUT2D eigenvalue weighted by molar-refractivity contribution is 0.720. The first-order valence-corrected chi connectivity index (χ1v) is 7.79. The number of rotatable bonds is 4. The van der Waals surface area contributed by atoms with Gasteiger partial charge in [-0.1, -0.05) is 41.6 Å². The van der Waals surface area contributed by atoms with Gasteiger partial charge in [-0.15, -0.1) is 0 Å².